The van der Waals surface area contributed by atoms with E-state index in [0.717, 1.165) is 29.6 Å². The molecule has 41 heavy (non-hydrogen) atoms. The average Bonchev–Trinajstić information content (AvgIpc) is 3.24. The molecule has 4 aliphatic heterocycles. The average molecular weight is 566 g/mol. The number of likely N-dealkylation sites (tertiary alicyclic amines) is 2. The third kappa shape index (κ3) is 5.00. The number of nitrogens with zero attached hydrogens (tertiary/aromatic N) is 3. The van der Waals surface area contributed by atoms with E-state index in [2.05, 4.69) is 55.7 Å². The first-order valence-electron chi connectivity index (χ1n) is 15.8. The van der Waals surface area contributed by atoms with Gasteiger partial charge >= 0.3 is 13.2 Å². The summed E-state index contributed by atoms with van der Waals surface area (Å²) in [6, 6.07) is 7.13. The highest BCUT2D eigenvalue weighted by atomic mass is 16.7. The second-order valence-electron chi connectivity index (χ2n) is 15.0. The van der Waals surface area contributed by atoms with Gasteiger partial charge in [-0.15, -0.1) is 0 Å². The lowest BCUT2D eigenvalue weighted by molar-refractivity contribution is -0.126. The Labute approximate surface area is 246 Å². The van der Waals surface area contributed by atoms with Crippen molar-refractivity contribution in [2.75, 3.05) is 31.1 Å². The van der Waals surface area contributed by atoms with E-state index in [0.29, 0.717) is 32.0 Å². The van der Waals surface area contributed by atoms with Gasteiger partial charge in [-0.1, -0.05) is 18.6 Å². The van der Waals surface area contributed by atoms with Crippen molar-refractivity contribution in [2.24, 2.45) is 0 Å². The van der Waals surface area contributed by atoms with Crippen molar-refractivity contribution in [3.8, 4) is 0 Å². The van der Waals surface area contributed by atoms with E-state index in [1.807, 2.05) is 20.8 Å². The summed E-state index contributed by atoms with van der Waals surface area (Å²) in [4.78, 5) is 33.9. The summed E-state index contributed by atoms with van der Waals surface area (Å²) in [5.74, 6) is 0.199. The van der Waals surface area contributed by atoms with E-state index in [4.69, 9.17) is 14.0 Å². The van der Waals surface area contributed by atoms with Gasteiger partial charge in [0.05, 0.1) is 16.6 Å². The molecule has 4 heterocycles. The van der Waals surface area contributed by atoms with Gasteiger partial charge in [-0.05, 0) is 117 Å². The Balaban J connectivity index is 1.27. The highest BCUT2D eigenvalue weighted by Crippen LogP contribution is 2.51. The van der Waals surface area contributed by atoms with E-state index in [1.165, 1.54) is 32.4 Å². The van der Waals surface area contributed by atoms with Gasteiger partial charge < -0.3 is 28.7 Å². The van der Waals surface area contributed by atoms with Gasteiger partial charge in [-0.2, -0.15) is 0 Å². The lowest BCUT2D eigenvalue weighted by atomic mass is 9.71. The van der Waals surface area contributed by atoms with E-state index in [1.54, 1.807) is 4.90 Å². The normalized spacial score (nSPS) is 29.0. The van der Waals surface area contributed by atoms with Crippen LogP contribution in [-0.4, -0.2) is 84.0 Å². The topological polar surface area (TPSA) is 71.6 Å². The van der Waals surface area contributed by atoms with Crippen LogP contribution in [0.25, 0.3) is 0 Å². The SMILES string of the molecule is CC(C)(C)OC(=O)N1CCC2(CC1)C(=O)N([C@H]1C[C@@H](N3CCCCC3)C1)c1cc(B3OC(C)(C)C(C)(C)O3)ccc12. The second kappa shape index (κ2) is 9.98. The Kier molecular flexibility index (Phi) is 7.06. The minimum Gasteiger partial charge on any atom is -0.444 e. The first kappa shape index (κ1) is 29.0. The molecule has 1 spiro atoms. The molecule has 0 N–H and O–H groups in total. The maximum absolute atomic E-state index is 14.5. The molecular weight excluding hydrogens is 517 g/mol. The molecule has 0 atom stereocenters. The molecule has 3 saturated heterocycles. The van der Waals surface area contributed by atoms with Crippen LogP contribution in [0.1, 0.15) is 99.0 Å². The highest BCUT2D eigenvalue weighted by molar-refractivity contribution is 6.62. The van der Waals surface area contributed by atoms with Crippen LogP contribution >= 0.6 is 0 Å². The molecule has 4 fully saturated rings. The van der Waals surface area contributed by atoms with Gasteiger partial charge in [0.2, 0.25) is 5.91 Å². The van der Waals surface area contributed by atoms with Gasteiger partial charge in [-0.25, -0.2) is 4.79 Å². The van der Waals surface area contributed by atoms with Crippen LogP contribution in [0.2, 0.25) is 0 Å². The number of carbonyl (C=O) groups excluding carboxylic acids is 2. The van der Waals surface area contributed by atoms with Crippen molar-refractivity contribution < 1.29 is 23.6 Å². The summed E-state index contributed by atoms with van der Waals surface area (Å²) in [7, 11) is -0.477. The molecule has 0 bridgehead atoms. The number of hydrogen-bond donors (Lipinski definition) is 0. The van der Waals surface area contributed by atoms with Gasteiger partial charge in [0.1, 0.15) is 5.60 Å². The fourth-order valence-corrected chi connectivity index (χ4v) is 7.33. The molecule has 1 aromatic rings. The number of fused-ring (bicyclic) bond motifs is 2. The van der Waals surface area contributed by atoms with Crippen molar-refractivity contribution in [2.45, 2.75) is 128 Å². The Morgan fingerprint density at radius 1 is 0.927 bits per heavy atom. The zero-order valence-corrected chi connectivity index (χ0v) is 26.1. The van der Waals surface area contributed by atoms with Crippen molar-refractivity contribution in [3.63, 3.8) is 0 Å². The van der Waals surface area contributed by atoms with Crippen LogP contribution in [0, 0.1) is 0 Å². The number of rotatable bonds is 3. The third-order valence-corrected chi connectivity index (χ3v) is 10.6. The first-order valence-corrected chi connectivity index (χ1v) is 15.8. The van der Waals surface area contributed by atoms with Gasteiger partial charge in [0.15, 0.2) is 0 Å². The van der Waals surface area contributed by atoms with Gasteiger partial charge in [0, 0.05) is 30.9 Å². The van der Waals surface area contributed by atoms with Crippen molar-refractivity contribution in [1.29, 1.82) is 0 Å². The smallest absolute Gasteiger partial charge is 0.444 e. The molecule has 0 unspecified atom stereocenters. The van der Waals surface area contributed by atoms with E-state index >= 15 is 0 Å². The molecular formula is C32H48BN3O5. The maximum atomic E-state index is 14.5. The summed E-state index contributed by atoms with van der Waals surface area (Å²) < 4.78 is 18.4. The molecule has 1 aliphatic carbocycles. The Hall–Kier alpha value is -2.10. The molecule has 224 valence electrons. The van der Waals surface area contributed by atoms with Crippen LogP contribution in [0.3, 0.4) is 0 Å². The number of ether oxygens (including phenoxy) is 1. The third-order valence-electron chi connectivity index (χ3n) is 10.6. The largest absolute Gasteiger partial charge is 0.494 e. The minimum absolute atomic E-state index is 0.199. The van der Waals surface area contributed by atoms with Crippen molar-refractivity contribution >= 4 is 30.3 Å². The van der Waals surface area contributed by atoms with Crippen LogP contribution < -0.4 is 10.4 Å². The predicted molar refractivity (Wildman–Crippen MR) is 161 cm³/mol. The van der Waals surface area contributed by atoms with Crippen molar-refractivity contribution in [1.82, 2.24) is 9.80 Å². The zero-order valence-electron chi connectivity index (χ0n) is 26.1. The monoisotopic (exact) mass is 565 g/mol. The lowest BCUT2D eigenvalue weighted by Crippen LogP contribution is -2.58. The summed E-state index contributed by atoms with van der Waals surface area (Å²) >= 11 is 0. The van der Waals surface area contributed by atoms with E-state index in [9.17, 15) is 9.59 Å². The summed E-state index contributed by atoms with van der Waals surface area (Å²) in [5.41, 5.74) is 1.03. The molecule has 9 heteroatoms. The van der Waals surface area contributed by atoms with Crippen LogP contribution in [0.5, 0.6) is 0 Å². The Bertz CT molecular complexity index is 1170. The summed E-state index contributed by atoms with van der Waals surface area (Å²) in [6.45, 7) is 17.3. The number of carbonyl (C=O) groups is 2. The predicted octanol–water partition coefficient (Wildman–Crippen LogP) is 4.62. The molecule has 1 aromatic carbocycles. The van der Waals surface area contributed by atoms with Crippen LogP contribution in [-0.2, 0) is 24.3 Å². The van der Waals surface area contributed by atoms with Crippen molar-refractivity contribution in [3.05, 3.63) is 23.8 Å². The molecule has 2 amide bonds. The zero-order chi connectivity index (χ0) is 29.4. The molecule has 5 aliphatic rings. The molecule has 8 nitrogen and oxygen atoms in total. The van der Waals surface area contributed by atoms with Gasteiger partial charge in [-0.3, -0.25) is 4.79 Å². The number of piperidine rings is 2. The molecule has 0 aromatic heterocycles. The summed E-state index contributed by atoms with van der Waals surface area (Å²) in [6.07, 6.45) is 6.84. The fraction of sp³-hybridized carbons (Fsp3) is 0.750. The number of hydrogen-bond acceptors (Lipinski definition) is 6. The maximum Gasteiger partial charge on any atom is 0.494 e. The van der Waals surface area contributed by atoms with E-state index < -0.39 is 29.3 Å². The quantitative estimate of drug-likeness (QED) is 0.499. The first-order chi connectivity index (χ1) is 19.2. The standard InChI is InChI=1S/C32H48BN3O5/c1-29(2,3)39-28(38)35-17-13-32(14-18-35)25-12-11-22(33-40-30(4,5)31(6,7)41-33)19-26(25)36(27(32)37)24-20-23(21-24)34-15-9-8-10-16-34/h11-12,19,23-24H,8-10,13-18,20-21H2,1-7H3/t23-,24+. The molecule has 1 saturated carbocycles. The highest BCUT2D eigenvalue weighted by Gasteiger charge is 2.57. The lowest BCUT2D eigenvalue weighted by Gasteiger charge is -2.48. The van der Waals surface area contributed by atoms with Crippen LogP contribution in [0.15, 0.2) is 18.2 Å². The summed E-state index contributed by atoms with van der Waals surface area (Å²) in [5, 5.41) is 0. The molecule has 6 rings (SSSR count). The number of benzene rings is 1. The number of amides is 2. The minimum atomic E-state index is -0.613. The fourth-order valence-electron chi connectivity index (χ4n) is 7.33. The number of anilines is 1. The van der Waals surface area contributed by atoms with E-state index in [-0.39, 0.29) is 18.0 Å². The second-order valence-corrected chi connectivity index (χ2v) is 15.0. The van der Waals surface area contributed by atoms with Gasteiger partial charge in [0.25, 0.3) is 0 Å². The Morgan fingerprint density at radius 2 is 1.54 bits per heavy atom. The molecule has 0 radical (unpaired) electrons. The van der Waals surface area contributed by atoms with Crippen LogP contribution in [0.4, 0.5) is 10.5 Å². The Morgan fingerprint density at radius 3 is 2.12 bits per heavy atom.